The molecule has 1 saturated carbocycles. The first-order chi connectivity index (χ1) is 19.9. The molecule has 0 spiro atoms. The fraction of sp³-hybridized carbons (Fsp3) is 0.818. The molecule has 0 aromatic heterocycles. The van der Waals surface area contributed by atoms with Crippen molar-refractivity contribution in [3.63, 3.8) is 0 Å². The molecular formula is C33H53N3O6. The normalized spacial score (nSPS) is 28.3. The lowest BCUT2D eigenvalue weighted by atomic mass is 9.65. The molecule has 0 radical (unpaired) electrons. The molecule has 4 rings (SSSR count). The first-order valence-corrected chi connectivity index (χ1v) is 16.3. The van der Waals surface area contributed by atoms with Gasteiger partial charge in [0.25, 0.3) is 0 Å². The van der Waals surface area contributed by atoms with Gasteiger partial charge in [0.15, 0.2) is 0 Å². The van der Waals surface area contributed by atoms with Crippen LogP contribution < -0.4 is 0 Å². The number of hydrogen-bond acceptors (Lipinski definition) is 6. The van der Waals surface area contributed by atoms with Crippen LogP contribution in [-0.2, 0) is 28.7 Å². The molecule has 9 nitrogen and oxygen atoms in total. The van der Waals surface area contributed by atoms with Crippen LogP contribution in [0.25, 0.3) is 0 Å². The number of likely N-dealkylation sites (tertiary alicyclic amines) is 1. The smallest absolute Gasteiger partial charge is 0.320 e. The second-order valence-electron chi connectivity index (χ2n) is 13.9. The molecule has 0 N–H and O–H groups in total. The van der Waals surface area contributed by atoms with Gasteiger partial charge in [-0.1, -0.05) is 59.8 Å². The van der Waals surface area contributed by atoms with Crippen LogP contribution in [0.4, 0.5) is 0 Å². The minimum Gasteiger partial charge on any atom is -0.468 e. The molecule has 0 aromatic rings. The van der Waals surface area contributed by atoms with Gasteiger partial charge in [-0.2, -0.15) is 0 Å². The van der Waals surface area contributed by atoms with Gasteiger partial charge in [-0.15, -0.1) is 0 Å². The Hall–Kier alpha value is -2.42. The van der Waals surface area contributed by atoms with Crippen LogP contribution in [0, 0.1) is 22.7 Å². The van der Waals surface area contributed by atoms with Crippen molar-refractivity contribution in [2.45, 2.75) is 111 Å². The van der Waals surface area contributed by atoms with Gasteiger partial charge >= 0.3 is 5.97 Å². The Balaban J connectivity index is 1.55. The van der Waals surface area contributed by atoms with Gasteiger partial charge in [-0.05, 0) is 44.1 Å². The van der Waals surface area contributed by atoms with E-state index >= 15 is 0 Å². The van der Waals surface area contributed by atoms with Crippen molar-refractivity contribution in [3.05, 3.63) is 11.8 Å². The molecule has 0 bridgehead atoms. The largest absolute Gasteiger partial charge is 0.468 e. The second-order valence-corrected chi connectivity index (χ2v) is 13.9. The number of unbranched alkanes of at least 4 members (excludes halogenated alkanes) is 5. The standard InChI is InChI=1S/C33H53N3O6/c1-7-8-9-10-11-12-15-36-26-21-27(32(3,4)5)42-23(2)33(26,31(40)41-6)22-25(30(36)39)20-28(37)34-16-18-35(19-17-34)29(38)24-13-14-24/h21,23-25,27H,7-20,22H2,1-6H3/t23-,25+,27-,33+/m1/s1. The third-order valence-corrected chi connectivity index (χ3v) is 9.72. The summed E-state index contributed by atoms with van der Waals surface area (Å²) in [5, 5.41) is 0. The predicted octanol–water partition coefficient (Wildman–Crippen LogP) is 4.54. The third kappa shape index (κ3) is 6.87. The SMILES string of the molecule is CCCCCCCCN1C(=O)[C@@H](CC(=O)N2CCN(C(=O)C3CC3)CC2)C[C@@]2(C(=O)OC)C1=C[C@H](C(C)(C)C)O[C@@H]2C. The molecule has 3 aliphatic heterocycles. The number of fused-ring (bicyclic) bond motifs is 1. The van der Waals surface area contributed by atoms with Crippen LogP contribution in [-0.4, -0.2) is 90.4 Å². The van der Waals surface area contributed by atoms with Crippen molar-refractivity contribution in [2.24, 2.45) is 22.7 Å². The molecule has 2 saturated heterocycles. The van der Waals surface area contributed by atoms with E-state index in [1.54, 1.807) is 9.80 Å². The number of ether oxygens (including phenoxy) is 2. The number of amides is 3. The van der Waals surface area contributed by atoms with Gasteiger partial charge in [-0.3, -0.25) is 19.2 Å². The number of piperidine rings is 1. The molecule has 3 fully saturated rings. The van der Waals surface area contributed by atoms with Gasteiger partial charge in [0.05, 0.1) is 19.3 Å². The van der Waals surface area contributed by atoms with E-state index < -0.39 is 23.4 Å². The summed E-state index contributed by atoms with van der Waals surface area (Å²) in [4.78, 5) is 59.3. The highest BCUT2D eigenvalue weighted by Crippen LogP contribution is 2.52. The number of hydrogen-bond donors (Lipinski definition) is 0. The van der Waals surface area contributed by atoms with Gasteiger partial charge in [0.1, 0.15) is 5.41 Å². The zero-order chi connectivity index (χ0) is 30.7. The summed E-state index contributed by atoms with van der Waals surface area (Å²) in [6.07, 6.45) is 9.82. The van der Waals surface area contributed by atoms with E-state index in [2.05, 4.69) is 27.7 Å². The molecule has 42 heavy (non-hydrogen) atoms. The maximum Gasteiger partial charge on any atom is 0.320 e. The lowest BCUT2D eigenvalue weighted by Gasteiger charge is -2.53. The van der Waals surface area contributed by atoms with Crippen LogP contribution in [0.5, 0.6) is 0 Å². The van der Waals surface area contributed by atoms with Crippen LogP contribution in [0.1, 0.15) is 98.8 Å². The maximum atomic E-state index is 14.2. The Morgan fingerprint density at radius 1 is 1.00 bits per heavy atom. The Morgan fingerprint density at radius 3 is 2.21 bits per heavy atom. The van der Waals surface area contributed by atoms with Gasteiger partial charge in [-0.25, -0.2) is 0 Å². The van der Waals surface area contributed by atoms with E-state index in [4.69, 9.17) is 9.47 Å². The number of carbonyl (C=O) groups excluding carboxylic acids is 4. The number of rotatable bonds is 11. The van der Waals surface area contributed by atoms with Crippen LogP contribution >= 0.6 is 0 Å². The summed E-state index contributed by atoms with van der Waals surface area (Å²) in [7, 11) is 1.38. The molecule has 3 amide bonds. The van der Waals surface area contributed by atoms with Crippen LogP contribution in [0.3, 0.4) is 0 Å². The summed E-state index contributed by atoms with van der Waals surface area (Å²) in [6, 6.07) is 0. The lowest BCUT2D eigenvalue weighted by Crippen LogP contribution is -2.61. The van der Waals surface area contributed by atoms with Gasteiger partial charge in [0, 0.05) is 56.7 Å². The molecular weight excluding hydrogens is 534 g/mol. The van der Waals surface area contributed by atoms with E-state index in [1.165, 1.54) is 26.4 Å². The molecule has 9 heteroatoms. The van der Waals surface area contributed by atoms with Crippen LogP contribution in [0.2, 0.25) is 0 Å². The topological polar surface area (TPSA) is 96.5 Å². The number of methoxy groups -OCH3 is 1. The van der Waals surface area contributed by atoms with Crippen molar-refractivity contribution < 1.29 is 28.7 Å². The van der Waals surface area contributed by atoms with E-state index in [-0.39, 0.29) is 48.0 Å². The molecule has 0 unspecified atom stereocenters. The monoisotopic (exact) mass is 587 g/mol. The highest BCUT2D eigenvalue weighted by atomic mass is 16.5. The fourth-order valence-corrected chi connectivity index (χ4v) is 6.83. The number of carbonyl (C=O) groups is 4. The Bertz CT molecular complexity index is 1040. The quantitative estimate of drug-likeness (QED) is 0.260. The van der Waals surface area contributed by atoms with Crippen molar-refractivity contribution in [1.82, 2.24) is 14.7 Å². The van der Waals surface area contributed by atoms with E-state index in [0.29, 0.717) is 38.4 Å². The molecule has 236 valence electrons. The third-order valence-electron chi connectivity index (χ3n) is 9.72. The second kappa shape index (κ2) is 13.5. The molecule has 4 aliphatic rings. The zero-order valence-corrected chi connectivity index (χ0v) is 26.8. The first-order valence-electron chi connectivity index (χ1n) is 16.3. The Kier molecular flexibility index (Phi) is 10.4. The van der Waals surface area contributed by atoms with Crippen LogP contribution in [0.15, 0.2) is 11.8 Å². The maximum absolute atomic E-state index is 14.2. The first kappa shape index (κ1) is 32.5. The average molecular weight is 588 g/mol. The highest BCUT2D eigenvalue weighted by Gasteiger charge is 2.60. The van der Waals surface area contributed by atoms with Gasteiger partial charge in [0.2, 0.25) is 17.7 Å². The minimum absolute atomic E-state index is 0.0316. The number of esters is 1. The lowest BCUT2D eigenvalue weighted by molar-refractivity contribution is -0.180. The van der Waals surface area contributed by atoms with Gasteiger partial charge < -0.3 is 24.2 Å². The summed E-state index contributed by atoms with van der Waals surface area (Å²) in [5.41, 5.74) is -0.705. The molecule has 3 heterocycles. The summed E-state index contributed by atoms with van der Waals surface area (Å²) < 4.78 is 11.9. The summed E-state index contributed by atoms with van der Waals surface area (Å²) >= 11 is 0. The molecule has 1 aliphatic carbocycles. The Morgan fingerprint density at radius 2 is 1.62 bits per heavy atom. The number of piperazine rings is 1. The fourth-order valence-electron chi connectivity index (χ4n) is 6.83. The number of nitrogens with zero attached hydrogens (tertiary/aromatic N) is 3. The van der Waals surface area contributed by atoms with Crippen molar-refractivity contribution in [2.75, 3.05) is 39.8 Å². The summed E-state index contributed by atoms with van der Waals surface area (Å²) in [5.74, 6) is -0.896. The predicted molar refractivity (Wildman–Crippen MR) is 160 cm³/mol. The van der Waals surface area contributed by atoms with Crippen molar-refractivity contribution >= 4 is 23.7 Å². The molecule has 0 aromatic carbocycles. The summed E-state index contributed by atoms with van der Waals surface area (Å²) in [6.45, 7) is 12.9. The van der Waals surface area contributed by atoms with E-state index in [1.807, 2.05) is 17.9 Å². The van der Waals surface area contributed by atoms with Crippen molar-refractivity contribution in [3.8, 4) is 0 Å². The highest BCUT2D eigenvalue weighted by molar-refractivity contribution is 5.93. The molecule has 4 atom stereocenters. The average Bonchev–Trinajstić information content (AvgIpc) is 3.81. The minimum atomic E-state index is -1.16. The van der Waals surface area contributed by atoms with E-state index in [9.17, 15) is 19.2 Å². The van der Waals surface area contributed by atoms with E-state index in [0.717, 1.165) is 32.1 Å². The van der Waals surface area contributed by atoms with Crippen molar-refractivity contribution in [1.29, 1.82) is 0 Å². The Labute approximate surface area is 252 Å². The zero-order valence-electron chi connectivity index (χ0n) is 26.8.